The predicted molar refractivity (Wildman–Crippen MR) is 53.5 cm³/mol. The van der Waals surface area contributed by atoms with Gasteiger partial charge in [-0.3, -0.25) is 14.6 Å². The fraction of sp³-hybridized carbons (Fsp3) is 0.333. The molecule has 4 nitrogen and oxygen atoms in total. The van der Waals surface area contributed by atoms with Crippen LogP contribution in [0.15, 0.2) is 12.3 Å². The lowest BCUT2D eigenvalue weighted by atomic mass is 9.96. The first-order chi connectivity index (χ1) is 6.56. The monoisotopic (exact) mass is 190 g/mol. The topological polar surface area (TPSA) is 42.4 Å². The number of hydrogen-bond acceptors (Lipinski definition) is 3. The second-order valence-corrected chi connectivity index (χ2v) is 2.92. The van der Waals surface area contributed by atoms with Crippen LogP contribution in [-0.4, -0.2) is 38.0 Å². The Morgan fingerprint density at radius 2 is 2.29 bits per heavy atom. The van der Waals surface area contributed by atoms with Crippen LogP contribution in [0.2, 0.25) is 0 Å². The molecule has 1 aromatic rings. The van der Waals surface area contributed by atoms with E-state index in [1.165, 1.54) is 20.4 Å². The zero-order valence-corrected chi connectivity index (χ0v) is 8.44. The maximum absolute atomic E-state index is 11.6. The Labute approximate surface area is 84.3 Å². The van der Waals surface area contributed by atoms with Gasteiger partial charge in [0.15, 0.2) is 0 Å². The van der Waals surface area contributed by atoms with Crippen molar-refractivity contribution in [2.24, 2.45) is 0 Å². The van der Waals surface area contributed by atoms with E-state index in [-0.39, 0.29) is 5.91 Å². The van der Waals surface area contributed by atoms with E-state index in [2.05, 4.69) is 4.98 Å². The highest BCUT2D eigenvalue weighted by atomic mass is 16.7. The molecule has 0 N–H and O–H groups in total. The maximum atomic E-state index is 11.6. The van der Waals surface area contributed by atoms with Crippen LogP contribution in [-0.2, 0) is 4.84 Å². The molecule has 2 radical (unpaired) electrons. The quantitative estimate of drug-likeness (QED) is 0.479. The number of hydrogen-bond donors (Lipinski definition) is 0. The van der Waals surface area contributed by atoms with Gasteiger partial charge < -0.3 is 0 Å². The molecule has 0 fully saturated rings. The van der Waals surface area contributed by atoms with Crippen molar-refractivity contribution in [1.29, 1.82) is 0 Å². The summed E-state index contributed by atoms with van der Waals surface area (Å²) in [5.74, 6) is -0.287. The van der Waals surface area contributed by atoms with E-state index in [0.29, 0.717) is 11.2 Å². The standard InChI is InChI=1S/C9H11BN2O2/c1-6-4-7(10)5-11-8(6)9(13)12(2)14-3/h4-5H,1-3H3. The van der Waals surface area contributed by atoms with Gasteiger partial charge in [-0.25, -0.2) is 5.06 Å². The number of amides is 1. The minimum absolute atomic E-state index is 0.287. The third-order valence-corrected chi connectivity index (χ3v) is 1.86. The van der Waals surface area contributed by atoms with Crippen LogP contribution >= 0.6 is 0 Å². The third kappa shape index (κ3) is 2.11. The zero-order chi connectivity index (χ0) is 10.7. The molecule has 0 bridgehead atoms. The summed E-state index contributed by atoms with van der Waals surface area (Å²) in [5.41, 5.74) is 1.63. The smallest absolute Gasteiger partial charge is 0.274 e. The molecule has 72 valence electrons. The number of aromatic nitrogens is 1. The fourth-order valence-electron chi connectivity index (χ4n) is 1.05. The molecular weight excluding hydrogens is 179 g/mol. The Kier molecular flexibility index (Phi) is 3.25. The van der Waals surface area contributed by atoms with Gasteiger partial charge in [0.1, 0.15) is 13.5 Å². The van der Waals surface area contributed by atoms with Crippen molar-refractivity contribution in [2.75, 3.05) is 14.2 Å². The van der Waals surface area contributed by atoms with Gasteiger partial charge in [-0.15, -0.1) is 0 Å². The molecule has 0 aliphatic rings. The van der Waals surface area contributed by atoms with E-state index >= 15 is 0 Å². The first-order valence-electron chi connectivity index (χ1n) is 4.10. The summed E-state index contributed by atoms with van der Waals surface area (Å²) >= 11 is 0. The van der Waals surface area contributed by atoms with Crippen molar-refractivity contribution in [3.05, 3.63) is 23.5 Å². The normalized spacial score (nSPS) is 9.93. The van der Waals surface area contributed by atoms with Gasteiger partial charge in [0.05, 0.1) is 7.11 Å². The number of nitrogens with zero attached hydrogens (tertiary/aromatic N) is 2. The van der Waals surface area contributed by atoms with E-state index in [9.17, 15) is 4.79 Å². The van der Waals surface area contributed by atoms with Crippen LogP contribution in [0.5, 0.6) is 0 Å². The molecule has 0 saturated carbocycles. The molecule has 0 atom stereocenters. The lowest BCUT2D eigenvalue weighted by Gasteiger charge is -2.14. The van der Waals surface area contributed by atoms with Gasteiger partial charge in [-0.1, -0.05) is 11.5 Å². The molecular formula is C9H11BN2O2. The Hall–Kier alpha value is -1.36. The second-order valence-electron chi connectivity index (χ2n) is 2.92. The molecule has 0 aliphatic heterocycles. The molecule has 0 saturated heterocycles. The molecule has 0 aromatic carbocycles. The first kappa shape index (κ1) is 10.7. The SMILES string of the molecule is [B]c1cnc(C(=O)N(C)OC)c(C)c1. The van der Waals surface area contributed by atoms with Gasteiger partial charge in [0.2, 0.25) is 0 Å². The lowest BCUT2D eigenvalue weighted by molar-refractivity contribution is -0.0760. The molecule has 1 heterocycles. The zero-order valence-electron chi connectivity index (χ0n) is 8.44. The Balaban J connectivity index is 3.02. The van der Waals surface area contributed by atoms with Crippen LogP contribution in [0.1, 0.15) is 16.1 Å². The molecule has 1 amide bonds. The van der Waals surface area contributed by atoms with Crippen LogP contribution in [0.3, 0.4) is 0 Å². The van der Waals surface area contributed by atoms with E-state index in [0.717, 1.165) is 10.6 Å². The van der Waals surface area contributed by atoms with Crippen molar-refractivity contribution in [2.45, 2.75) is 6.92 Å². The van der Waals surface area contributed by atoms with Gasteiger partial charge in [0, 0.05) is 13.2 Å². The Morgan fingerprint density at radius 3 is 2.79 bits per heavy atom. The predicted octanol–water partition coefficient (Wildman–Crippen LogP) is -0.183. The average molecular weight is 190 g/mol. The number of pyridine rings is 1. The third-order valence-electron chi connectivity index (χ3n) is 1.86. The van der Waals surface area contributed by atoms with Crippen molar-refractivity contribution in [3.63, 3.8) is 0 Å². The first-order valence-corrected chi connectivity index (χ1v) is 4.10. The largest absolute Gasteiger partial charge is 0.295 e. The van der Waals surface area contributed by atoms with Crippen LogP contribution in [0.4, 0.5) is 0 Å². The minimum atomic E-state index is -0.287. The van der Waals surface area contributed by atoms with E-state index in [4.69, 9.17) is 12.7 Å². The summed E-state index contributed by atoms with van der Waals surface area (Å²) in [7, 11) is 8.47. The highest BCUT2D eigenvalue weighted by molar-refractivity contribution is 6.32. The van der Waals surface area contributed by atoms with E-state index < -0.39 is 0 Å². The summed E-state index contributed by atoms with van der Waals surface area (Å²) in [6.07, 6.45) is 1.45. The molecule has 1 aromatic heterocycles. The van der Waals surface area contributed by atoms with Gasteiger partial charge in [-0.05, 0) is 12.5 Å². The number of rotatable bonds is 2. The van der Waals surface area contributed by atoms with Gasteiger partial charge in [0.25, 0.3) is 5.91 Å². The van der Waals surface area contributed by atoms with Gasteiger partial charge in [-0.2, -0.15) is 0 Å². The van der Waals surface area contributed by atoms with Crippen LogP contribution in [0.25, 0.3) is 0 Å². The fourth-order valence-corrected chi connectivity index (χ4v) is 1.05. The van der Waals surface area contributed by atoms with Gasteiger partial charge >= 0.3 is 0 Å². The molecule has 1 rings (SSSR count). The van der Waals surface area contributed by atoms with Crippen LogP contribution < -0.4 is 5.46 Å². The van der Waals surface area contributed by atoms with Crippen molar-refractivity contribution in [3.8, 4) is 0 Å². The average Bonchev–Trinajstić information content (AvgIpc) is 2.15. The summed E-state index contributed by atoms with van der Waals surface area (Å²) < 4.78 is 0. The highest BCUT2D eigenvalue weighted by Gasteiger charge is 2.14. The number of carbonyl (C=O) groups is 1. The summed E-state index contributed by atoms with van der Waals surface area (Å²) in [6, 6.07) is 1.70. The molecule has 0 spiro atoms. The van der Waals surface area contributed by atoms with Crippen molar-refractivity contribution >= 4 is 19.2 Å². The van der Waals surface area contributed by atoms with E-state index in [1.54, 1.807) is 13.0 Å². The summed E-state index contributed by atoms with van der Waals surface area (Å²) in [4.78, 5) is 20.3. The second kappa shape index (κ2) is 4.24. The van der Waals surface area contributed by atoms with Crippen LogP contribution in [0, 0.1) is 6.92 Å². The lowest BCUT2D eigenvalue weighted by Crippen LogP contribution is -2.27. The van der Waals surface area contributed by atoms with Crippen molar-refractivity contribution < 1.29 is 9.63 Å². The number of aryl methyl sites for hydroxylation is 1. The molecule has 0 unspecified atom stereocenters. The molecule has 5 heteroatoms. The highest BCUT2D eigenvalue weighted by Crippen LogP contribution is 2.04. The Morgan fingerprint density at radius 1 is 1.64 bits per heavy atom. The maximum Gasteiger partial charge on any atom is 0.295 e. The molecule has 0 aliphatic carbocycles. The van der Waals surface area contributed by atoms with Crippen molar-refractivity contribution in [1.82, 2.24) is 10.0 Å². The molecule has 14 heavy (non-hydrogen) atoms. The summed E-state index contributed by atoms with van der Waals surface area (Å²) in [5, 5.41) is 1.12. The minimum Gasteiger partial charge on any atom is -0.274 e. The number of hydroxylamine groups is 2. The van der Waals surface area contributed by atoms with E-state index in [1.807, 2.05) is 0 Å². The number of carbonyl (C=O) groups excluding carboxylic acids is 1. The Bertz CT molecular complexity index is 355. The summed E-state index contributed by atoms with van der Waals surface area (Å²) in [6.45, 7) is 1.78.